The van der Waals surface area contributed by atoms with Gasteiger partial charge >= 0.3 is 0 Å². The summed E-state index contributed by atoms with van der Waals surface area (Å²) in [6, 6.07) is 6.03. The first kappa shape index (κ1) is 12.2. The summed E-state index contributed by atoms with van der Waals surface area (Å²) in [5, 5.41) is 4.46. The molecule has 0 atom stereocenters. The fraction of sp³-hybridized carbons (Fsp3) is 0.308. The molecular formula is C13H16BrN3. The van der Waals surface area contributed by atoms with Crippen LogP contribution in [0.1, 0.15) is 19.8 Å². The van der Waals surface area contributed by atoms with E-state index in [1.807, 2.05) is 18.2 Å². The van der Waals surface area contributed by atoms with Gasteiger partial charge in [0.2, 0.25) is 0 Å². The van der Waals surface area contributed by atoms with Crippen LogP contribution >= 0.6 is 15.9 Å². The van der Waals surface area contributed by atoms with E-state index in [1.165, 1.54) is 6.42 Å². The molecule has 2 aromatic rings. The molecule has 1 heterocycles. The number of unbranched alkanes of at least 4 members (excludes halogenated alkanes) is 1. The summed E-state index contributed by atoms with van der Waals surface area (Å²) in [5.41, 5.74) is 8.63. The molecule has 1 aromatic carbocycles. The second kappa shape index (κ2) is 5.36. The molecule has 0 spiro atoms. The van der Waals surface area contributed by atoms with Gasteiger partial charge in [0.25, 0.3) is 0 Å². The molecule has 0 saturated heterocycles. The van der Waals surface area contributed by atoms with Gasteiger partial charge in [0.1, 0.15) is 0 Å². The van der Waals surface area contributed by atoms with Crippen LogP contribution in [-0.2, 0) is 0 Å². The van der Waals surface area contributed by atoms with Gasteiger partial charge < -0.3 is 11.1 Å². The maximum absolute atomic E-state index is 5.98. The number of hydrogen-bond acceptors (Lipinski definition) is 3. The van der Waals surface area contributed by atoms with E-state index in [2.05, 4.69) is 33.2 Å². The van der Waals surface area contributed by atoms with Crippen LogP contribution in [0.4, 0.5) is 11.4 Å². The van der Waals surface area contributed by atoms with Crippen LogP contribution in [0.3, 0.4) is 0 Å². The van der Waals surface area contributed by atoms with Crippen LogP contribution in [0, 0.1) is 0 Å². The largest absolute Gasteiger partial charge is 0.396 e. The number of fused-ring (bicyclic) bond motifs is 1. The van der Waals surface area contributed by atoms with Crippen molar-refractivity contribution in [1.29, 1.82) is 0 Å². The number of pyridine rings is 1. The van der Waals surface area contributed by atoms with Crippen molar-refractivity contribution in [3.8, 4) is 0 Å². The number of rotatable bonds is 4. The quantitative estimate of drug-likeness (QED) is 0.843. The molecule has 17 heavy (non-hydrogen) atoms. The Labute approximate surface area is 110 Å². The molecule has 3 N–H and O–H groups in total. The molecule has 0 unspecified atom stereocenters. The molecule has 0 aliphatic heterocycles. The summed E-state index contributed by atoms with van der Waals surface area (Å²) in [7, 11) is 0. The second-order valence-electron chi connectivity index (χ2n) is 4.03. The van der Waals surface area contributed by atoms with Crippen LogP contribution in [-0.4, -0.2) is 11.5 Å². The lowest BCUT2D eigenvalue weighted by molar-refractivity contribution is 0.835. The maximum atomic E-state index is 5.98. The Morgan fingerprint density at radius 2 is 2.24 bits per heavy atom. The number of nitrogens with one attached hydrogen (secondary N) is 1. The van der Waals surface area contributed by atoms with Crippen molar-refractivity contribution < 1.29 is 0 Å². The highest BCUT2D eigenvalue weighted by Gasteiger charge is 2.06. The van der Waals surface area contributed by atoms with Crippen molar-refractivity contribution in [3.05, 3.63) is 28.9 Å². The van der Waals surface area contributed by atoms with Gasteiger partial charge in [0.15, 0.2) is 0 Å². The Morgan fingerprint density at radius 1 is 1.41 bits per heavy atom. The molecule has 4 heteroatoms. The Balaban J connectivity index is 2.43. The van der Waals surface area contributed by atoms with Gasteiger partial charge in [-0.05, 0) is 24.6 Å². The Hall–Kier alpha value is -1.29. The van der Waals surface area contributed by atoms with Gasteiger partial charge in [-0.3, -0.25) is 4.98 Å². The van der Waals surface area contributed by atoms with Gasteiger partial charge in [-0.2, -0.15) is 0 Å². The summed E-state index contributed by atoms with van der Waals surface area (Å²) >= 11 is 3.48. The van der Waals surface area contributed by atoms with Gasteiger partial charge in [0.05, 0.1) is 23.1 Å². The highest BCUT2D eigenvalue weighted by Crippen LogP contribution is 2.29. The molecule has 1 aromatic heterocycles. The molecule has 0 bridgehead atoms. The summed E-state index contributed by atoms with van der Waals surface area (Å²) in [6.07, 6.45) is 4.02. The number of anilines is 2. The van der Waals surface area contributed by atoms with Gasteiger partial charge in [-0.1, -0.05) is 29.3 Å². The zero-order valence-corrected chi connectivity index (χ0v) is 11.4. The molecule has 0 saturated carbocycles. The van der Waals surface area contributed by atoms with Crippen LogP contribution in [0.15, 0.2) is 28.9 Å². The molecule has 3 nitrogen and oxygen atoms in total. The van der Waals surface area contributed by atoms with Gasteiger partial charge in [0, 0.05) is 16.4 Å². The van der Waals surface area contributed by atoms with Crippen molar-refractivity contribution in [2.45, 2.75) is 19.8 Å². The number of benzene rings is 1. The van der Waals surface area contributed by atoms with Crippen molar-refractivity contribution in [2.75, 3.05) is 17.6 Å². The Kier molecular flexibility index (Phi) is 3.84. The van der Waals surface area contributed by atoms with Gasteiger partial charge in [-0.15, -0.1) is 0 Å². The van der Waals surface area contributed by atoms with E-state index < -0.39 is 0 Å². The third kappa shape index (κ3) is 2.69. The average molecular weight is 294 g/mol. The number of nitrogens with zero attached hydrogens (tertiary/aromatic N) is 1. The molecular weight excluding hydrogens is 278 g/mol. The fourth-order valence-corrected chi connectivity index (χ4v) is 2.13. The van der Waals surface area contributed by atoms with E-state index in [1.54, 1.807) is 6.20 Å². The molecule has 0 radical (unpaired) electrons. The van der Waals surface area contributed by atoms with Gasteiger partial charge in [-0.25, -0.2) is 0 Å². The van der Waals surface area contributed by atoms with Crippen LogP contribution < -0.4 is 11.1 Å². The third-order valence-corrected chi connectivity index (χ3v) is 3.18. The highest BCUT2D eigenvalue weighted by atomic mass is 79.9. The number of aromatic nitrogens is 1. The number of hydrogen-bond donors (Lipinski definition) is 2. The maximum Gasteiger partial charge on any atom is 0.0743 e. The predicted molar refractivity (Wildman–Crippen MR) is 77.3 cm³/mol. The van der Waals surface area contributed by atoms with E-state index >= 15 is 0 Å². The Morgan fingerprint density at radius 3 is 3.00 bits per heavy atom. The lowest BCUT2D eigenvalue weighted by atomic mass is 10.1. The fourth-order valence-electron chi connectivity index (χ4n) is 1.77. The van der Waals surface area contributed by atoms with E-state index in [0.717, 1.165) is 34.0 Å². The molecule has 90 valence electrons. The zero-order valence-electron chi connectivity index (χ0n) is 9.83. The smallest absolute Gasteiger partial charge is 0.0743 e. The minimum atomic E-state index is 0.701. The first-order valence-corrected chi connectivity index (χ1v) is 6.59. The van der Waals surface area contributed by atoms with Crippen LogP contribution in [0.25, 0.3) is 10.9 Å². The Bertz CT molecular complexity index is 520. The summed E-state index contributed by atoms with van der Waals surface area (Å²) in [4.78, 5) is 4.32. The number of nitrogen functional groups attached to an aromatic ring is 1. The minimum absolute atomic E-state index is 0.701. The summed E-state index contributed by atoms with van der Waals surface area (Å²) < 4.78 is 1.04. The van der Waals surface area contributed by atoms with Crippen molar-refractivity contribution >= 4 is 38.2 Å². The molecule has 0 aliphatic rings. The monoisotopic (exact) mass is 293 g/mol. The minimum Gasteiger partial charge on any atom is -0.396 e. The zero-order chi connectivity index (χ0) is 12.3. The lowest BCUT2D eigenvalue weighted by Gasteiger charge is -2.12. The van der Waals surface area contributed by atoms with E-state index in [4.69, 9.17) is 5.73 Å². The molecule has 0 aliphatic carbocycles. The second-order valence-corrected chi connectivity index (χ2v) is 4.95. The molecule has 0 fully saturated rings. The number of halogens is 1. The first-order valence-electron chi connectivity index (χ1n) is 5.80. The molecule has 2 rings (SSSR count). The van der Waals surface area contributed by atoms with Crippen molar-refractivity contribution in [1.82, 2.24) is 4.98 Å². The number of nitrogens with two attached hydrogens (primary N) is 1. The normalized spacial score (nSPS) is 10.7. The first-order chi connectivity index (χ1) is 8.22. The van der Waals surface area contributed by atoms with E-state index in [9.17, 15) is 0 Å². The van der Waals surface area contributed by atoms with Crippen LogP contribution in [0.2, 0.25) is 0 Å². The van der Waals surface area contributed by atoms with Crippen molar-refractivity contribution in [2.24, 2.45) is 0 Å². The lowest BCUT2D eigenvalue weighted by Crippen LogP contribution is -2.05. The van der Waals surface area contributed by atoms with E-state index in [0.29, 0.717) is 5.69 Å². The van der Waals surface area contributed by atoms with Crippen molar-refractivity contribution in [3.63, 3.8) is 0 Å². The van der Waals surface area contributed by atoms with E-state index in [-0.39, 0.29) is 0 Å². The third-order valence-electron chi connectivity index (χ3n) is 2.69. The summed E-state index contributed by atoms with van der Waals surface area (Å²) in [5.74, 6) is 0. The molecule has 0 amide bonds. The predicted octanol–water partition coefficient (Wildman–Crippen LogP) is 3.79. The standard InChI is InChI=1S/C13H16BrN3/c1-2-3-6-16-13-10-7-9(14)4-5-12(10)17-8-11(13)15/h4-5,7-8H,2-3,6,15H2,1H3,(H,16,17). The highest BCUT2D eigenvalue weighted by molar-refractivity contribution is 9.10. The topological polar surface area (TPSA) is 50.9 Å². The SMILES string of the molecule is CCCCNc1c(N)cnc2ccc(Br)cc12. The van der Waals surface area contributed by atoms with Crippen LogP contribution in [0.5, 0.6) is 0 Å². The average Bonchev–Trinajstić information content (AvgIpc) is 2.32. The summed E-state index contributed by atoms with van der Waals surface area (Å²) in [6.45, 7) is 3.11.